The highest BCUT2D eigenvalue weighted by molar-refractivity contribution is 5.76. The lowest BCUT2D eigenvalue weighted by atomic mass is 9.69. The van der Waals surface area contributed by atoms with Gasteiger partial charge in [-0.15, -0.1) is 0 Å². The summed E-state index contributed by atoms with van der Waals surface area (Å²) in [5.74, 6) is -0.127. The second-order valence-electron chi connectivity index (χ2n) is 5.85. The zero-order chi connectivity index (χ0) is 12.8. The van der Waals surface area contributed by atoms with Crippen LogP contribution in [0, 0.1) is 23.1 Å². The van der Waals surface area contributed by atoms with Gasteiger partial charge in [-0.25, -0.2) is 4.39 Å². The molecule has 2 saturated carbocycles. The zero-order valence-corrected chi connectivity index (χ0v) is 10.2. The molecule has 0 heterocycles. The van der Waals surface area contributed by atoms with Gasteiger partial charge in [0.25, 0.3) is 0 Å². The van der Waals surface area contributed by atoms with E-state index >= 15 is 0 Å². The van der Waals surface area contributed by atoms with Crippen LogP contribution in [0.15, 0.2) is 24.3 Å². The van der Waals surface area contributed by atoms with Crippen LogP contribution in [0.5, 0.6) is 0 Å². The van der Waals surface area contributed by atoms with E-state index in [0.717, 1.165) is 24.8 Å². The minimum Gasteiger partial charge on any atom is -0.481 e. The summed E-state index contributed by atoms with van der Waals surface area (Å²) in [5.41, 5.74) is 0.168. The standard InChI is InChI=1S/C15H17FO2/c16-13-3-1-2-10(7-13)8-15(14(17)18)9-11-4-5-12(15)6-11/h1-3,7,11-12H,4-6,8-9H2,(H,17,18). The molecule has 0 radical (unpaired) electrons. The Balaban J connectivity index is 1.90. The van der Waals surface area contributed by atoms with Crippen LogP contribution in [0.3, 0.4) is 0 Å². The van der Waals surface area contributed by atoms with Crippen LogP contribution >= 0.6 is 0 Å². The van der Waals surface area contributed by atoms with Crippen molar-refractivity contribution in [3.63, 3.8) is 0 Å². The van der Waals surface area contributed by atoms with Gasteiger partial charge in [0, 0.05) is 0 Å². The number of carboxylic acid groups (broad SMARTS) is 1. The molecule has 2 fully saturated rings. The van der Waals surface area contributed by atoms with E-state index in [1.54, 1.807) is 6.07 Å². The molecule has 2 nitrogen and oxygen atoms in total. The Morgan fingerprint density at radius 2 is 2.28 bits per heavy atom. The molecule has 0 spiro atoms. The minimum atomic E-state index is -0.695. The lowest BCUT2D eigenvalue weighted by Gasteiger charge is -2.33. The van der Waals surface area contributed by atoms with Gasteiger partial charge in [-0.05, 0) is 55.2 Å². The fourth-order valence-electron chi connectivity index (χ4n) is 4.01. The Labute approximate surface area is 106 Å². The van der Waals surface area contributed by atoms with E-state index in [4.69, 9.17) is 0 Å². The van der Waals surface area contributed by atoms with Crippen molar-refractivity contribution in [1.29, 1.82) is 0 Å². The number of hydrogen-bond donors (Lipinski definition) is 1. The third-order valence-electron chi connectivity index (χ3n) is 4.81. The number of aliphatic carboxylic acids is 1. The molecule has 18 heavy (non-hydrogen) atoms. The number of hydrogen-bond acceptors (Lipinski definition) is 1. The fraction of sp³-hybridized carbons (Fsp3) is 0.533. The van der Waals surface area contributed by atoms with Crippen molar-refractivity contribution in [3.8, 4) is 0 Å². The Hall–Kier alpha value is -1.38. The number of carboxylic acids is 1. The Bertz CT molecular complexity index is 485. The molecular weight excluding hydrogens is 231 g/mol. The van der Waals surface area contributed by atoms with Crippen molar-refractivity contribution in [2.45, 2.75) is 32.1 Å². The van der Waals surface area contributed by atoms with E-state index in [1.165, 1.54) is 18.6 Å². The Kier molecular flexibility index (Phi) is 2.65. The summed E-state index contributed by atoms with van der Waals surface area (Å²) in [6.07, 6.45) is 4.47. The molecule has 1 aromatic rings. The smallest absolute Gasteiger partial charge is 0.310 e. The molecule has 2 aliphatic rings. The predicted octanol–water partition coefficient (Wildman–Crippen LogP) is 3.26. The van der Waals surface area contributed by atoms with E-state index in [9.17, 15) is 14.3 Å². The maximum atomic E-state index is 13.2. The monoisotopic (exact) mass is 248 g/mol. The topological polar surface area (TPSA) is 37.3 Å². The average Bonchev–Trinajstić information content (AvgIpc) is 2.89. The highest BCUT2D eigenvalue weighted by Gasteiger charge is 2.55. The van der Waals surface area contributed by atoms with Crippen LogP contribution in [0.2, 0.25) is 0 Å². The van der Waals surface area contributed by atoms with Crippen LogP contribution in [0.1, 0.15) is 31.2 Å². The molecule has 0 aliphatic heterocycles. The van der Waals surface area contributed by atoms with Crippen LogP contribution in [-0.2, 0) is 11.2 Å². The molecule has 2 bridgehead atoms. The van der Waals surface area contributed by atoms with Crippen LogP contribution in [0.25, 0.3) is 0 Å². The Morgan fingerprint density at radius 3 is 2.83 bits per heavy atom. The number of fused-ring (bicyclic) bond motifs is 2. The number of carbonyl (C=O) groups is 1. The maximum absolute atomic E-state index is 13.2. The van der Waals surface area contributed by atoms with E-state index in [2.05, 4.69) is 0 Å². The third kappa shape index (κ3) is 1.73. The first-order valence-corrected chi connectivity index (χ1v) is 6.58. The van der Waals surface area contributed by atoms with Gasteiger partial charge in [0.1, 0.15) is 5.82 Å². The summed E-state index contributed by atoms with van der Waals surface area (Å²) in [6.45, 7) is 0. The second-order valence-corrected chi connectivity index (χ2v) is 5.85. The van der Waals surface area contributed by atoms with E-state index in [-0.39, 0.29) is 11.7 Å². The van der Waals surface area contributed by atoms with E-state index in [1.807, 2.05) is 6.07 Å². The van der Waals surface area contributed by atoms with Gasteiger partial charge in [-0.1, -0.05) is 18.6 Å². The molecule has 3 rings (SSSR count). The quantitative estimate of drug-likeness (QED) is 0.891. The van der Waals surface area contributed by atoms with Crippen molar-refractivity contribution >= 4 is 5.97 Å². The van der Waals surface area contributed by atoms with Gasteiger partial charge in [-0.2, -0.15) is 0 Å². The second kappa shape index (κ2) is 4.08. The first-order valence-electron chi connectivity index (χ1n) is 6.58. The molecule has 1 aromatic carbocycles. The van der Waals surface area contributed by atoms with Crippen molar-refractivity contribution in [3.05, 3.63) is 35.6 Å². The number of benzene rings is 1. The summed E-state index contributed by atoms with van der Waals surface area (Å²) < 4.78 is 13.2. The fourth-order valence-corrected chi connectivity index (χ4v) is 4.01. The number of halogens is 1. The van der Waals surface area contributed by atoms with Gasteiger partial charge in [0.05, 0.1) is 5.41 Å². The third-order valence-corrected chi connectivity index (χ3v) is 4.81. The largest absolute Gasteiger partial charge is 0.481 e. The molecule has 2 aliphatic carbocycles. The summed E-state index contributed by atoms with van der Waals surface area (Å²) in [4.78, 5) is 11.7. The Morgan fingerprint density at radius 1 is 1.44 bits per heavy atom. The van der Waals surface area contributed by atoms with Crippen LogP contribution in [0.4, 0.5) is 4.39 Å². The van der Waals surface area contributed by atoms with Crippen LogP contribution < -0.4 is 0 Å². The van der Waals surface area contributed by atoms with Crippen molar-refractivity contribution in [1.82, 2.24) is 0 Å². The van der Waals surface area contributed by atoms with Crippen molar-refractivity contribution in [2.75, 3.05) is 0 Å². The van der Waals surface area contributed by atoms with Crippen molar-refractivity contribution in [2.24, 2.45) is 17.3 Å². The summed E-state index contributed by atoms with van der Waals surface area (Å²) in [5, 5.41) is 9.62. The molecule has 1 N–H and O–H groups in total. The van der Waals surface area contributed by atoms with Crippen LogP contribution in [-0.4, -0.2) is 11.1 Å². The van der Waals surface area contributed by atoms with Crippen molar-refractivity contribution < 1.29 is 14.3 Å². The van der Waals surface area contributed by atoms with Gasteiger partial charge in [0.2, 0.25) is 0 Å². The lowest BCUT2D eigenvalue weighted by Crippen LogP contribution is -2.38. The zero-order valence-electron chi connectivity index (χ0n) is 10.2. The maximum Gasteiger partial charge on any atom is 0.310 e. The van der Waals surface area contributed by atoms with Gasteiger partial charge >= 0.3 is 5.97 Å². The van der Waals surface area contributed by atoms with E-state index < -0.39 is 11.4 Å². The molecule has 3 heteroatoms. The molecule has 0 amide bonds. The van der Waals surface area contributed by atoms with E-state index in [0.29, 0.717) is 12.3 Å². The molecule has 3 atom stereocenters. The minimum absolute atomic E-state index is 0.281. The summed E-state index contributed by atoms with van der Waals surface area (Å²) >= 11 is 0. The predicted molar refractivity (Wildman–Crippen MR) is 65.6 cm³/mol. The van der Waals surface area contributed by atoms with Gasteiger partial charge < -0.3 is 5.11 Å². The van der Waals surface area contributed by atoms with Gasteiger partial charge in [-0.3, -0.25) is 4.79 Å². The lowest BCUT2D eigenvalue weighted by molar-refractivity contribution is -0.152. The molecule has 0 aromatic heterocycles. The number of rotatable bonds is 3. The molecule has 96 valence electrons. The first kappa shape index (κ1) is 11.7. The average molecular weight is 248 g/mol. The molecule has 3 unspecified atom stereocenters. The normalized spacial score (nSPS) is 33.8. The highest BCUT2D eigenvalue weighted by Crippen LogP contribution is 2.57. The molecular formula is C15H17FO2. The summed E-state index contributed by atoms with van der Waals surface area (Å²) in [7, 11) is 0. The first-order chi connectivity index (χ1) is 8.60. The SMILES string of the molecule is O=C(O)C1(Cc2cccc(F)c2)CC2CCC1C2. The summed E-state index contributed by atoms with van der Waals surface area (Å²) in [6, 6.07) is 6.36. The highest BCUT2D eigenvalue weighted by atomic mass is 19.1. The van der Waals surface area contributed by atoms with Gasteiger partial charge in [0.15, 0.2) is 0 Å². The molecule has 0 saturated heterocycles.